The number of hydrogen-bond acceptors (Lipinski definition) is 2. The topological polar surface area (TPSA) is 34.1 Å². The molecule has 1 aromatic rings. The minimum Gasteiger partial charge on any atom is -0.224 e. The molecule has 0 aliphatic heterocycles. The zero-order chi connectivity index (χ0) is 13.6. The Kier molecular flexibility index (Phi) is 5.39. The summed E-state index contributed by atoms with van der Waals surface area (Å²) < 4.78 is 24.0. The van der Waals surface area contributed by atoms with Gasteiger partial charge in [-0.3, -0.25) is 0 Å². The maximum absolute atomic E-state index is 12.0. The van der Waals surface area contributed by atoms with E-state index in [2.05, 4.69) is 20.8 Å². The first kappa shape index (κ1) is 15.2. The van der Waals surface area contributed by atoms with Crippen LogP contribution in [0.5, 0.6) is 0 Å². The smallest absolute Gasteiger partial charge is 0.178 e. The third kappa shape index (κ3) is 5.67. The van der Waals surface area contributed by atoms with Gasteiger partial charge in [-0.1, -0.05) is 51.8 Å². The quantitative estimate of drug-likeness (QED) is 0.729. The summed E-state index contributed by atoms with van der Waals surface area (Å²) in [6.07, 6.45) is 4.00. The lowest BCUT2D eigenvalue weighted by Gasteiger charge is -2.17. The van der Waals surface area contributed by atoms with Gasteiger partial charge >= 0.3 is 0 Å². The second kappa shape index (κ2) is 6.37. The van der Waals surface area contributed by atoms with Crippen molar-refractivity contribution >= 4 is 9.84 Å². The first-order chi connectivity index (χ1) is 8.31. The summed E-state index contributed by atoms with van der Waals surface area (Å²) in [7, 11) is -3.08. The van der Waals surface area contributed by atoms with Crippen molar-refractivity contribution in [1.29, 1.82) is 0 Å². The van der Waals surface area contributed by atoms with Crippen LogP contribution in [0.25, 0.3) is 0 Å². The van der Waals surface area contributed by atoms with E-state index in [1.165, 1.54) is 0 Å². The molecule has 0 bridgehead atoms. The number of sulfone groups is 1. The first-order valence-corrected chi connectivity index (χ1v) is 8.24. The van der Waals surface area contributed by atoms with Gasteiger partial charge in [-0.15, -0.1) is 0 Å². The number of benzene rings is 1. The molecule has 0 saturated carbocycles. The van der Waals surface area contributed by atoms with Crippen molar-refractivity contribution in [3.8, 4) is 0 Å². The molecule has 1 rings (SSSR count). The summed E-state index contributed by atoms with van der Waals surface area (Å²) >= 11 is 0. The average Bonchev–Trinajstić information content (AvgIpc) is 2.28. The molecule has 1 aromatic carbocycles. The van der Waals surface area contributed by atoms with Gasteiger partial charge in [-0.2, -0.15) is 0 Å². The molecule has 3 heteroatoms. The lowest BCUT2D eigenvalue weighted by molar-refractivity contribution is 0.359. The van der Waals surface area contributed by atoms with Crippen LogP contribution in [0.2, 0.25) is 0 Å². The Hall–Kier alpha value is -0.830. The van der Waals surface area contributed by atoms with Crippen LogP contribution in [0.15, 0.2) is 35.2 Å². The van der Waals surface area contributed by atoms with Gasteiger partial charge < -0.3 is 0 Å². The third-order valence-electron chi connectivity index (χ3n) is 2.94. The van der Waals surface area contributed by atoms with Crippen LogP contribution in [0, 0.1) is 5.41 Å². The molecule has 0 fully saturated rings. The predicted octanol–water partition coefficient (Wildman–Crippen LogP) is 4.07. The molecule has 0 aliphatic rings. The molecule has 0 aliphatic carbocycles. The second-order valence-electron chi connectivity index (χ2n) is 6.00. The summed E-state index contributed by atoms with van der Waals surface area (Å²) in [4.78, 5) is 0.445. The Balaban J connectivity index is 2.36. The highest BCUT2D eigenvalue weighted by atomic mass is 32.2. The predicted molar refractivity (Wildman–Crippen MR) is 76.4 cm³/mol. The van der Waals surface area contributed by atoms with Gasteiger partial charge in [0.05, 0.1) is 10.6 Å². The van der Waals surface area contributed by atoms with Gasteiger partial charge in [-0.05, 0) is 30.4 Å². The van der Waals surface area contributed by atoms with Crippen LogP contribution < -0.4 is 0 Å². The highest BCUT2D eigenvalue weighted by Crippen LogP contribution is 2.22. The van der Waals surface area contributed by atoms with Gasteiger partial charge in [0, 0.05) is 0 Å². The van der Waals surface area contributed by atoms with Crippen molar-refractivity contribution in [2.45, 2.75) is 51.3 Å². The van der Waals surface area contributed by atoms with E-state index in [0.29, 0.717) is 10.3 Å². The normalized spacial score (nSPS) is 12.6. The van der Waals surface area contributed by atoms with E-state index in [9.17, 15) is 8.42 Å². The molecule has 0 N–H and O–H groups in total. The SMILES string of the molecule is CC(C)(C)CCCCCS(=O)(=O)c1ccccc1. The highest BCUT2D eigenvalue weighted by molar-refractivity contribution is 7.91. The molecule has 0 amide bonds. The molecule has 0 radical (unpaired) electrons. The lowest BCUT2D eigenvalue weighted by atomic mass is 9.90. The van der Waals surface area contributed by atoms with Gasteiger partial charge in [-0.25, -0.2) is 8.42 Å². The molecule has 0 unspecified atom stereocenters. The summed E-state index contributed by atoms with van der Waals surface area (Å²) in [6, 6.07) is 8.72. The van der Waals surface area contributed by atoms with Gasteiger partial charge in [0.25, 0.3) is 0 Å². The van der Waals surface area contributed by atoms with Crippen molar-refractivity contribution in [3.63, 3.8) is 0 Å². The molecule has 0 aromatic heterocycles. The third-order valence-corrected chi connectivity index (χ3v) is 4.76. The Morgan fingerprint density at radius 3 is 2.11 bits per heavy atom. The molecule has 0 saturated heterocycles. The van der Waals surface area contributed by atoms with Gasteiger partial charge in [0.1, 0.15) is 0 Å². The Labute approximate surface area is 111 Å². The van der Waals surface area contributed by atoms with Crippen LogP contribution in [-0.4, -0.2) is 14.2 Å². The number of rotatable bonds is 6. The fraction of sp³-hybridized carbons (Fsp3) is 0.600. The van der Waals surface area contributed by atoms with Gasteiger partial charge in [0.15, 0.2) is 9.84 Å². The summed E-state index contributed by atoms with van der Waals surface area (Å²) in [5.74, 6) is 0.265. The minimum atomic E-state index is -3.08. The fourth-order valence-electron chi connectivity index (χ4n) is 1.87. The molecule has 18 heavy (non-hydrogen) atoms. The van der Waals surface area contributed by atoms with Crippen LogP contribution >= 0.6 is 0 Å². The van der Waals surface area contributed by atoms with E-state index in [4.69, 9.17) is 0 Å². The Morgan fingerprint density at radius 1 is 0.944 bits per heavy atom. The largest absolute Gasteiger partial charge is 0.224 e. The van der Waals surface area contributed by atoms with Gasteiger partial charge in [0.2, 0.25) is 0 Å². The number of hydrogen-bond donors (Lipinski definition) is 0. The molecule has 0 atom stereocenters. The molecule has 2 nitrogen and oxygen atoms in total. The van der Waals surface area contributed by atoms with E-state index in [1.807, 2.05) is 6.07 Å². The summed E-state index contributed by atoms with van der Waals surface area (Å²) in [5, 5.41) is 0. The van der Waals surface area contributed by atoms with Crippen LogP contribution in [0.3, 0.4) is 0 Å². The van der Waals surface area contributed by atoms with Crippen LogP contribution in [0.4, 0.5) is 0 Å². The fourth-order valence-corrected chi connectivity index (χ4v) is 3.26. The summed E-state index contributed by atoms with van der Waals surface area (Å²) in [6.45, 7) is 6.65. The molecular formula is C15H24O2S. The zero-order valence-electron chi connectivity index (χ0n) is 11.6. The maximum atomic E-state index is 12.0. The molecular weight excluding hydrogens is 244 g/mol. The van der Waals surface area contributed by atoms with Crippen LogP contribution in [0.1, 0.15) is 46.5 Å². The summed E-state index contributed by atoms with van der Waals surface area (Å²) in [5.41, 5.74) is 0.346. The van der Waals surface area contributed by atoms with Crippen molar-refractivity contribution in [1.82, 2.24) is 0 Å². The monoisotopic (exact) mass is 268 g/mol. The van der Waals surface area contributed by atoms with E-state index >= 15 is 0 Å². The standard InChI is InChI=1S/C15H24O2S/c1-15(2,3)12-8-5-9-13-18(16,17)14-10-6-4-7-11-14/h4,6-7,10-11H,5,8-9,12-13H2,1-3H3. The van der Waals surface area contributed by atoms with E-state index in [1.54, 1.807) is 24.3 Å². The highest BCUT2D eigenvalue weighted by Gasteiger charge is 2.14. The average molecular weight is 268 g/mol. The van der Waals surface area contributed by atoms with Crippen molar-refractivity contribution in [2.75, 3.05) is 5.75 Å². The van der Waals surface area contributed by atoms with E-state index in [-0.39, 0.29) is 5.75 Å². The van der Waals surface area contributed by atoms with Crippen molar-refractivity contribution in [2.24, 2.45) is 5.41 Å². The first-order valence-electron chi connectivity index (χ1n) is 6.59. The maximum Gasteiger partial charge on any atom is 0.178 e. The zero-order valence-corrected chi connectivity index (χ0v) is 12.5. The molecule has 0 spiro atoms. The Bertz CT molecular complexity index is 441. The van der Waals surface area contributed by atoms with Crippen molar-refractivity contribution in [3.05, 3.63) is 30.3 Å². The van der Waals surface area contributed by atoms with Crippen LogP contribution in [-0.2, 0) is 9.84 Å². The molecule has 0 heterocycles. The van der Waals surface area contributed by atoms with E-state index in [0.717, 1.165) is 25.7 Å². The Morgan fingerprint density at radius 2 is 1.56 bits per heavy atom. The molecule has 102 valence electrons. The second-order valence-corrected chi connectivity index (χ2v) is 8.11. The number of unbranched alkanes of at least 4 members (excludes halogenated alkanes) is 2. The minimum absolute atomic E-state index is 0.265. The van der Waals surface area contributed by atoms with Crippen molar-refractivity contribution < 1.29 is 8.42 Å². The lowest BCUT2D eigenvalue weighted by Crippen LogP contribution is -2.08. The van der Waals surface area contributed by atoms with E-state index < -0.39 is 9.84 Å².